The molecule has 1 aromatic heterocycles. The Bertz CT molecular complexity index is 618. The van der Waals surface area contributed by atoms with Crippen LogP contribution in [0, 0.1) is 0 Å². The quantitative estimate of drug-likeness (QED) is 0.612. The highest BCUT2D eigenvalue weighted by Gasteiger charge is 2.16. The molecule has 20 heavy (non-hydrogen) atoms. The Morgan fingerprint density at radius 1 is 1.40 bits per heavy atom. The molecule has 0 saturated heterocycles. The summed E-state index contributed by atoms with van der Waals surface area (Å²) in [4.78, 5) is 11.4. The Kier molecular flexibility index (Phi) is 5.28. The average Bonchev–Trinajstić information content (AvgIpc) is 2.89. The summed E-state index contributed by atoms with van der Waals surface area (Å²) in [7, 11) is 0. The fourth-order valence-corrected chi connectivity index (χ4v) is 2.55. The minimum absolute atomic E-state index is 0.161. The van der Waals surface area contributed by atoms with Crippen molar-refractivity contribution in [2.45, 2.75) is 17.9 Å². The van der Waals surface area contributed by atoms with Gasteiger partial charge in [0.15, 0.2) is 0 Å². The van der Waals surface area contributed by atoms with Crippen molar-refractivity contribution < 1.29 is 13.9 Å². The second-order valence-electron chi connectivity index (χ2n) is 3.62. The van der Waals surface area contributed by atoms with Crippen LogP contribution in [0.5, 0.6) is 0 Å². The summed E-state index contributed by atoms with van der Waals surface area (Å²) < 4.78 is 9.94. The second-order valence-corrected chi connectivity index (χ2v) is 5.39. The third-order valence-corrected chi connectivity index (χ3v) is 3.69. The van der Waals surface area contributed by atoms with E-state index in [4.69, 9.17) is 32.4 Å². The van der Waals surface area contributed by atoms with Crippen LogP contribution in [-0.2, 0) is 10.5 Å². The zero-order valence-electron chi connectivity index (χ0n) is 10.4. The largest absolute Gasteiger partial charge is 0.459 e. The molecule has 0 aliphatic rings. The van der Waals surface area contributed by atoms with E-state index >= 15 is 0 Å². The van der Waals surface area contributed by atoms with Crippen molar-refractivity contribution in [2.24, 2.45) is 0 Å². The summed E-state index contributed by atoms with van der Waals surface area (Å²) in [5, 5.41) is 8.84. The summed E-state index contributed by atoms with van der Waals surface area (Å²) in [6, 6.07) is 5.20. The third kappa shape index (κ3) is 3.88. The highest BCUT2D eigenvalue weighted by atomic mass is 35.5. The molecule has 5 nitrogen and oxygen atoms in total. The molecule has 0 fully saturated rings. The smallest absolute Gasteiger partial charge is 0.396 e. The van der Waals surface area contributed by atoms with Crippen LogP contribution in [-0.4, -0.2) is 22.8 Å². The topological polar surface area (TPSA) is 65.2 Å². The molecule has 1 heterocycles. The predicted molar refractivity (Wildman–Crippen MR) is 76.3 cm³/mol. The second kappa shape index (κ2) is 6.97. The van der Waals surface area contributed by atoms with E-state index in [1.165, 1.54) is 11.8 Å². The van der Waals surface area contributed by atoms with Crippen molar-refractivity contribution >= 4 is 40.9 Å². The van der Waals surface area contributed by atoms with Gasteiger partial charge in [-0.3, -0.25) is 0 Å². The molecule has 0 unspecified atom stereocenters. The fourth-order valence-electron chi connectivity index (χ4n) is 1.34. The SMILES string of the molecule is CCOC(=O)c1nnc(SCc2cc(Cl)ccc2Cl)o1. The number of rotatable bonds is 5. The van der Waals surface area contributed by atoms with Gasteiger partial charge in [0.1, 0.15) is 0 Å². The molecule has 0 N–H and O–H groups in total. The molecule has 1 aromatic carbocycles. The molecule has 106 valence electrons. The van der Waals surface area contributed by atoms with E-state index in [1.807, 2.05) is 0 Å². The molecule has 8 heteroatoms. The van der Waals surface area contributed by atoms with Crippen molar-refractivity contribution in [3.63, 3.8) is 0 Å². The first-order valence-electron chi connectivity index (χ1n) is 5.67. The first kappa shape index (κ1) is 15.2. The summed E-state index contributed by atoms with van der Waals surface area (Å²) in [6.07, 6.45) is 0. The van der Waals surface area contributed by atoms with Gasteiger partial charge in [0.2, 0.25) is 0 Å². The molecule has 0 aliphatic carbocycles. The summed E-state index contributed by atoms with van der Waals surface area (Å²) in [5.74, 6) is -0.289. The molecule has 0 aliphatic heterocycles. The number of aromatic nitrogens is 2. The van der Waals surface area contributed by atoms with Crippen molar-refractivity contribution in [1.29, 1.82) is 0 Å². The summed E-state index contributed by atoms with van der Waals surface area (Å²) in [5.41, 5.74) is 0.847. The molecule has 0 radical (unpaired) electrons. The number of halogens is 2. The van der Waals surface area contributed by atoms with Gasteiger partial charge in [0.05, 0.1) is 6.61 Å². The lowest BCUT2D eigenvalue weighted by molar-refractivity contribution is 0.0475. The van der Waals surface area contributed by atoms with Gasteiger partial charge in [0, 0.05) is 15.8 Å². The number of ether oxygens (including phenoxy) is 1. The van der Waals surface area contributed by atoms with Gasteiger partial charge in [-0.25, -0.2) is 4.79 Å². The van der Waals surface area contributed by atoms with Gasteiger partial charge in [-0.1, -0.05) is 40.1 Å². The lowest BCUT2D eigenvalue weighted by atomic mass is 10.2. The molecule has 0 saturated carbocycles. The van der Waals surface area contributed by atoms with E-state index in [2.05, 4.69) is 10.2 Å². The zero-order chi connectivity index (χ0) is 14.5. The number of benzene rings is 1. The number of hydrogen-bond acceptors (Lipinski definition) is 6. The molecule has 0 atom stereocenters. The molecular formula is C12H10Cl2N2O3S. The summed E-state index contributed by atoms with van der Waals surface area (Å²) >= 11 is 13.2. The van der Waals surface area contributed by atoms with E-state index in [-0.39, 0.29) is 17.7 Å². The Labute approximate surface area is 129 Å². The third-order valence-electron chi connectivity index (χ3n) is 2.22. The highest BCUT2D eigenvalue weighted by Crippen LogP contribution is 2.28. The van der Waals surface area contributed by atoms with E-state index < -0.39 is 5.97 Å². The Balaban J connectivity index is 2.01. The van der Waals surface area contributed by atoms with Gasteiger partial charge in [0.25, 0.3) is 5.22 Å². The maximum Gasteiger partial charge on any atom is 0.396 e. The maximum absolute atomic E-state index is 11.4. The monoisotopic (exact) mass is 332 g/mol. The van der Waals surface area contributed by atoms with Crippen LogP contribution in [0.2, 0.25) is 10.0 Å². The number of esters is 1. The van der Waals surface area contributed by atoms with Crippen LogP contribution in [0.15, 0.2) is 27.8 Å². The van der Waals surface area contributed by atoms with Crippen molar-refractivity contribution in [1.82, 2.24) is 10.2 Å². The van der Waals surface area contributed by atoms with Crippen LogP contribution in [0.1, 0.15) is 23.2 Å². The first-order chi connectivity index (χ1) is 9.60. The minimum atomic E-state index is -0.632. The van der Waals surface area contributed by atoms with E-state index in [0.29, 0.717) is 15.8 Å². The van der Waals surface area contributed by atoms with Crippen LogP contribution in [0.4, 0.5) is 0 Å². The van der Waals surface area contributed by atoms with Gasteiger partial charge in [-0.15, -0.1) is 5.10 Å². The molecule has 0 amide bonds. The molecule has 2 aromatic rings. The number of carbonyl (C=O) groups excluding carboxylic acids is 1. The van der Waals surface area contributed by atoms with Crippen LogP contribution in [0.25, 0.3) is 0 Å². The Morgan fingerprint density at radius 3 is 2.95 bits per heavy atom. The Hall–Kier alpha value is -1.24. The molecular weight excluding hydrogens is 323 g/mol. The van der Waals surface area contributed by atoms with Crippen LogP contribution >= 0.6 is 35.0 Å². The van der Waals surface area contributed by atoms with E-state index in [0.717, 1.165) is 5.56 Å². The number of nitrogens with zero attached hydrogens (tertiary/aromatic N) is 2. The van der Waals surface area contributed by atoms with E-state index in [9.17, 15) is 4.79 Å². The van der Waals surface area contributed by atoms with Crippen molar-refractivity contribution in [3.05, 3.63) is 39.7 Å². The maximum atomic E-state index is 11.4. The van der Waals surface area contributed by atoms with Gasteiger partial charge >= 0.3 is 11.9 Å². The standard InChI is InChI=1S/C12H10Cl2N2O3S/c1-2-18-11(17)10-15-16-12(19-10)20-6-7-5-8(13)3-4-9(7)14/h3-5H,2,6H2,1H3. The normalized spacial score (nSPS) is 10.6. The first-order valence-corrected chi connectivity index (χ1v) is 7.41. The lowest BCUT2D eigenvalue weighted by Crippen LogP contribution is -2.04. The molecule has 0 spiro atoms. The van der Waals surface area contributed by atoms with Gasteiger partial charge < -0.3 is 9.15 Å². The molecule has 2 rings (SSSR count). The van der Waals surface area contributed by atoms with E-state index in [1.54, 1.807) is 25.1 Å². The lowest BCUT2D eigenvalue weighted by Gasteiger charge is -2.02. The minimum Gasteiger partial charge on any atom is -0.459 e. The number of thioether (sulfide) groups is 1. The van der Waals surface area contributed by atoms with Crippen LogP contribution < -0.4 is 0 Å². The molecule has 0 bridgehead atoms. The van der Waals surface area contributed by atoms with Crippen LogP contribution in [0.3, 0.4) is 0 Å². The summed E-state index contributed by atoms with van der Waals surface area (Å²) in [6.45, 7) is 1.95. The number of hydrogen-bond donors (Lipinski definition) is 0. The van der Waals surface area contributed by atoms with Gasteiger partial charge in [-0.2, -0.15) is 0 Å². The fraction of sp³-hybridized carbons (Fsp3) is 0.250. The predicted octanol–water partition coefficient (Wildman–Crippen LogP) is 3.85. The van der Waals surface area contributed by atoms with Gasteiger partial charge in [-0.05, 0) is 30.7 Å². The van der Waals surface area contributed by atoms with Crippen molar-refractivity contribution in [3.8, 4) is 0 Å². The zero-order valence-corrected chi connectivity index (χ0v) is 12.8. The average molecular weight is 333 g/mol. The van der Waals surface area contributed by atoms with Crippen molar-refractivity contribution in [2.75, 3.05) is 6.61 Å². The number of carbonyl (C=O) groups is 1. The highest BCUT2D eigenvalue weighted by molar-refractivity contribution is 7.98. The Morgan fingerprint density at radius 2 is 2.20 bits per heavy atom.